The molecule has 18 heavy (non-hydrogen) atoms. The van der Waals surface area contributed by atoms with Gasteiger partial charge in [-0.2, -0.15) is 0 Å². The lowest BCUT2D eigenvalue weighted by molar-refractivity contribution is 0.102. The molecular weight excluding hydrogens is 296 g/mol. The number of hydrogen-bond acceptors (Lipinski definition) is 2. The molecule has 1 heterocycles. The molecule has 0 atom stereocenters. The second-order valence-corrected chi connectivity index (χ2v) is 4.74. The van der Waals surface area contributed by atoms with Crippen LogP contribution in [0.2, 0.25) is 0 Å². The van der Waals surface area contributed by atoms with Crippen LogP contribution in [0.1, 0.15) is 15.9 Å². The molecule has 1 aromatic carbocycles. The number of benzene rings is 1. The van der Waals surface area contributed by atoms with Crippen LogP contribution >= 0.6 is 15.9 Å². The molecule has 2 aromatic rings. The summed E-state index contributed by atoms with van der Waals surface area (Å²) in [6.07, 6.45) is 1.52. The molecule has 0 aliphatic carbocycles. The number of aryl methyl sites for hydroxylation is 1. The van der Waals surface area contributed by atoms with Gasteiger partial charge < -0.3 is 10.3 Å². The van der Waals surface area contributed by atoms with Crippen molar-refractivity contribution in [2.24, 2.45) is 0 Å². The number of carbonyl (C=O) groups is 1. The van der Waals surface area contributed by atoms with Gasteiger partial charge in [0.2, 0.25) is 0 Å². The summed E-state index contributed by atoms with van der Waals surface area (Å²) < 4.78 is 0.925. The number of carbonyl (C=O) groups excluding carboxylic acids is 1. The summed E-state index contributed by atoms with van der Waals surface area (Å²) in [6.45, 7) is 1.73. The maximum Gasteiger partial charge on any atom is 0.261 e. The van der Waals surface area contributed by atoms with Crippen LogP contribution in [0.4, 0.5) is 5.69 Å². The second kappa shape index (κ2) is 5.18. The minimum atomic E-state index is -0.406. The molecule has 1 aromatic heterocycles. The minimum Gasteiger partial charge on any atom is -0.328 e. The highest BCUT2D eigenvalue weighted by Gasteiger charge is 2.13. The zero-order valence-corrected chi connectivity index (χ0v) is 11.2. The number of pyridine rings is 1. The molecule has 2 N–H and O–H groups in total. The van der Waals surface area contributed by atoms with Gasteiger partial charge >= 0.3 is 0 Å². The predicted molar refractivity (Wildman–Crippen MR) is 73.9 cm³/mol. The molecule has 0 saturated heterocycles. The number of hydrogen-bond donors (Lipinski definition) is 2. The highest BCUT2D eigenvalue weighted by Crippen LogP contribution is 2.15. The molecule has 0 unspecified atom stereocenters. The van der Waals surface area contributed by atoms with Gasteiger partial charge in [-0.15, -0.1) is 0 Å². The van der Waals surface area contributed by atoms with E-state index < -0.39 is 5.91 Å². The first-order chi connectivity index (χ1) is 8.58. The van der Waals surface area contributed by atoms with Gasteiger partial charge in [0.05, 0.1) is 0 Å². The molecule has 0 aliphatic rings. The lowest BCUT2D eigenvalue weighted by Gasteiger charge is -2.06. The largest absolute Gasteiger partial charge is 0.328 e. The van der Waals surface area contributed by atoms with Gasteiger partial charge in [0.25, 0.3) is 11.5 Å². The second-order valence-electron chi connectivity index (χ2n) is 3.83. The van der Waals surface area contributed by atoms with Crippen LogP contribution in [0.25, 0.3) is 0 Å². The molecule has 0 fully saturated rings. The zero-order valence-electron chi connectivity index (χ0n) is 9.66. The van der Waals surface area contributed by atoms with Crippen molar-refractivity contribution in [1.29, 1.82) is 0 Å². The standard InChI is InChI=1S/C13H11BrN2O2/c1-8-6-7-15-12(17)11(8)13(18)16-10-4-2-9(14)3-5-10/h2-7H,1H3,(H,15,17)(H,16,18). The fraction of sp³-hybridized carbons (Fsp3) is 0.0769. The van der Waals surface area contributed by atoms with Gasteiger partial charge in [-0.25, -0.2) is 0 Å². The van der Waals surface area contributed by atoms with Crippen LogP contribution in [0.15, 0.2) is 45.8 Å². The van der Waals surface area contributed by atoms with E-state index in [-0.39, 0.29) is 11.1 Å². The Morgan fingerprint density at radius 3 is 2.50 bits per heavy atom. The van der Waals surface area contributed by atoms with Crippen molar-refractivity contribution < 1.29 is 4.79 Å². The molecule has 4 nitrogen and oxygen atoms in total. The maximum atomic E-state index is 12.0. The van der Waals surface area contributed by atoms with E-state index >= 15 is 0 Å². The fourth-order valence-electron chi connectivity index (χ4n) is 1.59. The van der Waals surface area contributed by atoms with Crippen LogP contribution in [0.5, 0.6) is 0 Å². The molecule has 2 rings (SSSR count). The number of aromatic amines is 1. The molecule has 0 radical (unpaired) electrons. The van der Waals surface area contributed by atoms with E-state index in [1.54, 1.807) is 25.1 Å². The Balaban J connectivity index is 2.28. The third-order valence-electron chi connectivity index (χ3n) is 2.50. The summed E-state index contributed by atoms with van der Waals surface area (Å²) in [5.74, 6) is -0.406. The van der Waals surface area contributed by atoms with Gasteiger partial charge in [0.15, 0.2) is 0 Å². The first-order valence-electron chi connectivity index (χ1n) is 5.33. The average molecular weight is 307 g/mol. The number of aromatic nitrogens is 1. The lowest BCUT2D eigenvalue weighted by atomic mass is 10.1. The van der Waals surface area contributed by atoms with Gasteiger partial charge in [0.1, 0.15) is 5.56 Å². The topological polar surface area (TPSA) is 62.0 Å². The van der Waals surface area contributed by atoms with E-state index in [0.717, 1.165) is 4.47 Å². The third kappa shape index (κ3) is 2.68. The van der Waals surface area contributed by atoms with Crippen LogP contribution in [-0.2, 0) is 0 Å². The molecule has 5 heteroatoms. The number of H-pyrrole nitrogens is 1. The summed E-state index contributed by atoms with van der Waals surface area (Å²) in [7, 11) is 0. The van der Waals surface area contributed by atoms with E-state index in [2.05, 4.69) is 26.2 Å². The molecule has 0 saturated carbocycles. The molecule has 0 spiro atoms. The lowest BCUT2D eigenvalue weighted by Crippen LogP contribution is -2.24. The van der Waals surface area contributed by atoms with E-state index in [1.165, 1.54) is 6.20 Å². The number of anilines is 1. The van der Waals surface area contributed by atoms with Crippen LogP contribution < -0.4 is 10.9 Å². The summed E-state index contributed by atoms with van der Waals surface area (Å²) in [5.41, 5.74) is 1.05. The Labute approximate surface area is 112 Å². The van der Waals surface area contributed by atoms with Gasteiger partial charge in [0, 0.05) is 16.4 Å². The number of amides is 1. The summed E-state index contributed by atoms with van der Waals surface area (Å²) in [5, 5.41) is 2.69. The van der Waals surface area contributed by atoms with Gasteiger partial charge in [-0.1, -0.05) is 15.9 Å². The SMILES string of the molecule is Cc1cc[nH]c(=O)c1C(=O)Nc1ccc(Br)cc1. The van der Waals surface area contributed by atoms with Crippen molar-refractivity contribution >= 4 is 27.5 Å². The van der Waals surface area contributed by atoms with Crippen LogP contribution in [-0.4, -0.2) is 10.9 Å². The molecule has 92 valence electrons. The van der Waals surface area contributed by atoms with Crippen molar-refractivity contribution in [3.05, 3.63) is 62.5 Å². The Morgan fingerprint density at radius 1 is 1.22 bits per heavy atom. The van der Waals surface area contributed by atoms with E-state index in [9.17, 15) is 9.59 Å². The van der Waals surface area contributed by atoms with Gasteiger partial charge in [-0.3, -0.25) is 9.59 Å². The maximum absolute atomic E-state index is 12.0. The normalized spacial score (nSPS) is 10.1. The van der Waals surface area contributed by atoms with Crippen molar-refractivity contribution in [3.63, 3.8) is 0 Å². The summed E-state index contributed by atoms with van der Waals surface area (Å²) in [4.78, 5) is 26.1. The number of rotatable bonds is 2. The highest BCUT2D eigenvalue weighted by molar-refractivity contribution is 9.10. The summed E-state index contributed by atoms with van der Waals surface area (Å²) >= 11 is 3.31. The quantitative estimate of drug-likeness (QED) is 0.896. The van der Waals surface area contributed by atoms with Crippen molar-refractivity contribution in [1.82, 2.24) is 4.98 Å². The van der Waals surface area contributed by atoms with Crippen molar-refractivity contribution in [2.75, 3.05) is 5.32 Å². The molecule has 1 amide bonds. The number of halogens is 1. The molecule has 0 bridgehead atoms. The van der Waals surface area contributed by atoms with E-state index in [1.807, 2.05) is 12.1 Å². The zero-order chi connectivity index (χ0) is 13.1. The molecule has 0 aliphatic heterocycles. The van der Waals surface area contributed by atoms with E-state index in [4.69, 9.17) is 0 Å². The van der Waals surface area contributed by atoms with Gasteiger partial charge in [-0.05, 0) is 42.8 Å². The third-order valence-corrected chi connectivity index (χ3v) is 3.03. The smallest absolute Gasteiger partial charge is 0.261 e. The van der Waals surface area contributed by atoms with Crippen LogP contribution in [0, 0.1) is 6.92 Å². The Hall–Kier alpha value is -1.88. The van der Waals surface area contributed by atoms with E-state index in [0.29, 0.717) is 11.3 Å². The first-order valence-corrected chi connectivity index (χ1v) is 6.12. The minimum absolute atomic E-state index is 0.139. The number of nitrogens with one attached hydrogen (secondary N) is 2. The van der Waals surface area contributed by atoms with Crippen molar-refractivity contribution in [2.45, 2.75) is 6.92 Å². The van der Waals surface area contributed by atoms with Crippen LogP contribution in [0.3, 0.4) is 0 Å². The first kappa shape index (κ1) is 12.6. The molecular formula is C13H11BrN2O2. The Kier molecular flexibility index (Phi) is 3.62. The average Bonchev–Trinajstić information content (AvgIpc) is 2.32. The summed E-state index contributed by atoms with van der Waals surface area (Å²) in [6, 6.07) is 8.84. The highest BCUT2D eigenvalue weighted by atomic mass is 79.9. The Morgan fingerprint density at radius 2 is 1.89 bits per heavy atom. The Bertz CT molecular complexity index is 632. The predicted octanol–water partition coefficient (Wildman–Crippen LogP) is 2.70. The fourth-order valence-corrected chi connectivity index (χ4v) is 1.85. The monoisotopic (exact) mass is 306 g/mol. The van der Waals surface area contributed by atoms with Crippen molar-refractivity contribution in [3.8, 4) is 0 Å².